The Morgan fingerprint density at radius 2 is 2.24 bits per heavy atom. The number of ether oxygens (including phenoxy) is 1. The van der Waals surface area contributed by atoms with Crippen LogP contribution in [0.3, 0.4) is 0 Å². The molecule has 2 aliphatic rings. The van der Waals surface area contributed by atoms with Gasteiger partial charge in [0.2, 0.25) is 5.91 Å². The van der Waals surface area contributed by atoms with Gasteiger partial charge >= 0.3 is 5.97 Å². The van der Waals surface area contributed by atoms with E-state index in [0.717, 1.165) is 25.7 Å². The fourth-order valence-electron chi connectivity index (χ4n) is 2.65. The number of likely N-dealkylation sites (tertiary alicyclic amines) is 1. The van der Waals surface area contributed by atoms with Crippen LogP contribution in [0.15, 0.2) is 12.2 Å². The van der Waals surface area contributed by atoms with Crippen LogP contribution in [0, 0.1) is 5.92 Å². The van der Waals surface area contributed by atoms with Gasteiger partial charge in [-0.05, 0) is 31.6 Å². The normalized spacial score (nSPS) is 27.5. The predicted octanol–water partition coefficient (Wildman–Crippen LogP) is 1.51. The molecular formula is C13H19NO3. The van der Waals surface area contributed by atoms with E-state index in [2.05, 4.69) is 12.2 Å². The van der Waals surface area contributed by atoms with Crippen molar-refractivity contribution < 1.29 is 14.3 Å². The monoisotopic (exact) mass is 237 g/mol. The molecule has 2 atom stereocenters. The Balaban J connectivity index is 1.93. The summed E-state index contributed by atoms with van der Waals surface area (Å²) >= 11 is 0. The highest BCUT2D eigenvalue weighted by atomic mass is 16.5. The van der Waals surface area contributed by atoms with Crippen LogP contribution < -0.4 is 0 Å². The smallest absolute Gasteiger partial charge is 0.328 e. The van der Waals surface area contributed by atoms with Gasteiger partial charge in [-0.3, -0.25) is 4.79 Å². The first-order valence-corrected chi connectivity index (χ1v) is 6.26. The van der Waals surface area contributed by atoms with Crippen molar-refractivity contribution in [1.29, 1.82) is 0 Å². The van der Waals surface area contributed by atoms with E-state index in [1.54, 1.807) is 4.90 Å². The van der Waals surface area contributed by atoms with Crippen molar-refractivity contribution in [3.8, 4) is 0 Å². The van der Waals surface area contributed by atoms with Crippen molar-refractivity contribution in [2.24, 2.45) is 5.92 Å². The molecule has 2 unspecified atom stereocenters. The first-order valence-electron chi connectivity index (χ1n) is 6.26. The fourth-order valence-corrected chi connectivity index (χ4v) is 2.65. The van der Waals surface area contributed by atoms with Gasteiger partial charge in [0.1, 0.15) is 6.04 Å². The molecule has 1 saturated heterocycles. The summed E-state index contributed by atoms with van der Waals surface area (Å²) in [6, 6.07) is -0.349. The second-order valence-corrected chi connectivity index (χ2v) is 4.74. The van der Waals surface area contributed by atoms with Crippen molar-refractivity contribution in [1.82, 2.24) is 4.90 Å². The zero-order chi connectivity index (χ0) is 12.3. The molecule has 0 aromatic rings. The van der Waals surface area contributed by atoms with Crippen molar-refractivity contribution in [3.05, 3.63) is 12.2 Å². The molecule has 1 fully saturated rings. The van der Waals surface area contributed by atoms with Gasteiger partial charge in [-0.15, -0.1) is 0 Å². The molecule has 1 amide bonds. The SMILES string of the molecule is COC(=O)C1CCCN1C(=O)CC1C=CCC1. The van der Waals surface area contributed by atoms with Crippen LogP contribution in [-0.2, 0) is 14.3 Å². The summed E-state index contributed by atoms with van der Waals surface area (Å²) in [4.78, 5) is 25.3. The molecule has 1 heterocycles. The fraction of sp³-hybridized carbons (Fsp3) is 0.692. The van der Waals surface area contributed by atoms with Gasteiger partial charge in [0, 0.05) is 13.0 Å². The molecule has 0 spiro atoms. The number of esters is 1. The summed E-state index contributed by atoms with van der Waals surface area (Å²) in [6.07, 6.45) is 8.52. The average Bonchev–Trinajstić information content (AvgIpc) is 2.97. The summed E-state index contributed by atoms with van der Waals surface area (Å²) in [5.41, 5.74) is 0. The Morgan fingerprint density at radius 1 is 1.41 bits per heavy atom. The van der Waals surface area contributed by atoms with Gasteiger partial charge in [-0.1, -0.05) is 12.2 Å². The maximum atomic E-state index is 12.1. The number of allylic oxidation sites excluding steroid dienone is 2. The molecule has 17 heavy (non-hydrogen) atoms. The number of carbonyl (C=O) groups is 2. The Labute approximate surface area is 102 Å². The molecular weight excluding hydrogens is 218 g/mol. The number of nitrogens with zero attached hydrogens (tertiary/aromatic N) is 1. The zero-order valence-electron chi connectivity index (χ0n) is 10.2. The first kappa shape index (κ1) is 12.1. The molecule has 0 aromatic carbocycles. The van der Waals surface area contributed by atoms with Gasteiger partial charge < -0.3 is 9.64 Å². The largest absolute Gasteiger partial charge is 0.467 e. The molecule has 0 saturated carbocycles. The summed E-state index contributed by atoms with van der Waals surface area (Å²) in [5.74, 6) is 0.175. The Morgan fingerprint density at radius 3 is 2.88 bits per heavy atom. The van der Waals surface area contributed by atoms with Gasteiger partial charge in [0.05, 0.1) is 7.11 Å². The lowest BCUT2D eigenvalue weighted by molar-refractivity contribution is -0.151. The minimum Gasteiger partial charge on any atom is -0.467 e. The van der Waals surface area contributed by atoms with Crippen LogP contribution in [0.5, 0.6) is 0 Å². The minimum absolute atomic E-state index is 0.0921. The topological polar surface area (TPSA) is 46.6 Å². The summed E-state index contributed by atoms with van der Waals surface area (Å²) in [6.45, 7) is 0.690. The van der Waals surface area contributed by atoms with E-state index < -0.39 is 0 Å². The van der Waals surface area contributed by atoms with E-state index in [9.17, 15) is 9.59 Å². The zero-order valence-corrected chi connectivity index (χ0v) is 10.2. The predicted molar refractivity (Wildman–Crippen MR) is 63.2 cm³/mol. The van der Waals surface area contributed by atoms with Crippen molar-refractivity contribution in [2.45, 2.75) is 38.1 Å². The first-order chi connectivity index (χ1) is 8.22. The van der Waals surface area contributed by atoms with E-state index >= 15 is 0 Å². The maximum absolute atomic E-state index is 12.1. The van der Waals surface area contributed by atoms with Crippen LogP contribution in [-0.4, -0.2) is 36.5 Å². The summed E-state index contributed by atoms with van der Waals surface area (Å²) < 4.78 is 4.74. The third-order valence-electron chi connectivity index (χ3n) is 3.60. The number of methoxy groups -OCH3 is 1. The highest BCUT2D eigenvalue weighted by Gasteiger charge is 2.35. The summed E-state index contributed by atoms with van der Waals surface area (Å²) in [7, 11) is 1.38. The van der Waals surface area contributed by atoms with E-state index in [1.807, 2.05) is 0 Å². The van der Waals surface area contributed by atoms with E-state index in [0.29, 0.717) is 18.9 Å². The van der Waals surface area contributed by atoms with Crippen LogP contribution in [0.25, 0.3) is 0 Å². The van der Waals surface area contributed by atoms with Crippen LogP contribution in [0.1, 0.15) is 32.1 Å². The summed E-state index contributed by atoms with van der Waals surface area (Å²) in [5, 5.41) is 0. The van der Waals surface area contributed by atoms with Crippen molar-refractivity contribution >= 4 is 11.9 Å². The van der Waals surface area contributed by atoms with E-state index in [4.69, 9.17) is 4.74 Å². The van der Waals surface area contributed by atoms with E-state index in [-0.39, 0.29) is 17.9 Å². The lowest BCUT2D eigenvalue weighted by atomic mass is 10.0. The van der Waals surface area contributed by atoms with Gasteiger partial charge in [-0.2, -0.15) is 0 Å². The Hall–Kier alpha value is -1.32. The molecule has 0 bridgehead atoms. The number of carbonyl (C=O) groups excluding carboxylic acids is 2. The standard InChI is InChI=1S/C13H19NO3/c1-17-13(16)11-7-4-8-14(11)12(15)9-10-5-2-3-6-10/h2,5,10-11H,3-4,6-9H2,1H3. The van der Waals surface area contributed by atoms with Gasteiger partial charge in [0.25, 0.3) is 0 Å². The number of rotatable bonds is 3. The molecule has 0 radical (unpaired) electrons. The average molecular weight is 237 g/mol. The molecule has 4 heteroatoms. The molecule has 4 nitrogen and oxygen atoms in total. The van der Waals surface area contributed by atoms with Crippen LogP contribution in [0.4, 0.5) is 0 Å². The molecule has 0 N–H and O–H groups in total. The molecule has 94 valence electrons. The Kier molecular flexibility index (Phi) is 3.82. The second kappa shape index (κ2) is 5.34. The van der Waals surface area contributed by atoms with Gasteiger partial charge in [0.15, 0.2) is 0 Å². The Bertz CT molecular complexity index is 338. The van der Waals surface area contributed by atoms with Crippen LogP contribution >= 0.6 is 0 Å². The molecule has 1 aliphatic carbocycles. The molecule has 2 rings (SSSR count). The maximum Gasteiger partial charge on any atom is 0.328 e. The van der Waals surface area contributed by atoms with Gasteiger partial charge in [-0.25, -0.2) is 4.79 Å². The lowest BCUT2D eigenvalue weighted by Gasteiger charge is -2.23. The van der Waals surface area contributed by atoms with Crippen molar-refractivity contribution in [2.75, 3.05) is 13.7 Å². The van der Waals surface area contributed by atoms with E-state index in [1.165, 1.54) is 7.11 Å². The molecule has 0 aromatic heterocycles. The highest BCUT2D eigenvalue weighted by molar-refractivity contribution is 5.85. The molecule has 1 aliphatic heterocycles. The van der Waals surface area contributed by atoms with Crippen molar-refractivity contribution in [3.63, 3.8) is 0 Å². The number of amides is 1. The third-order valence-corrected chi connectivity index (χ3v) is 3.60. The third kappa shape index (κ3) is 2.68. The number of hydrogen-bond acceptors (Lipinski definition) is 3. The second-order valence-electron chi connectivity index (χ2n) is 4.74. The van der Waals surface area contributed by atoms with Crippen LogP contribution in [0.2, 0.25) is 0 Å². The lowest BCUT2D eigenvalue weighted by Crippen LogP contribution is -2.41. The number of hydrogen-bond donors (Lipinski definition) is 0. The quantitative estimate of drug-likeness (QED) is 0.552. The highest BCUT2D eigenvalue weighted by Crippen LogP contribution is 2.25. The minimum atomic E-state index is -0.349.